The monoisotopic (exact) mass is 174 g/mol. The molecule has 0 aromatic heterocycles. The second-order valence-electron chi connectivity index (χ2n) is 2.91. The van der Waals surface area contributed by atoms with E-state index in [-0.39, 0.29) is 13.1 Å². The van der Waals surface area contributed by atoms with Crippen LogP contribution in [0.25, 0.3) is 0 Å². The number of carbonyl (C=O) groups is 2. The summed E-state index contributed by atoms with van der Waals surface area (Å²) < 4.78 is 12.6. The highest BCUT2D eigenvalue weighted by atomic mass is 19.1. The fraction of sp³-hybridized carbons (Fsp3) is 0.714. The number of halogens is 1. The van der Waals surface area contributed by atoms with Crippen LogP contribution in [0.1, 0.15) is 6.42 Å². The first-order valence-corrected chi connectivity index (χ1v) is 3.78. The van der Waals surface area contributed by atoms with Gasteiger partial charge in [-0.25, -0.2) is 4.39 Å². The van der Waals surface area contributed by atoms with E-state index in [2.05, 4.69) is 0 Å². The number of nitrogens with two attached hydrogens (primary N) is 1. The van der Waals surface area contributed by atoms with Crippen molar-refractivity contribution in [2.45, 2.75) is 12.6 Å². The molecule has 0 spiro atoms. The summed E-state index contributed by atoms with van der Waals surface area (Å²) in [5.74, 6) is -1.60. The molecule has 1 aliphatic rings. The predicted octanol–water partition coefficient (Wildman–Crippen LogP) is -0.915. The molecule has 0 unspecified atom stereocenters. The zero-order valence-electron chi connectivity index (χ0n) is 6.62. The molecule has 1 fully saturated rings. The van der Waals surface area contributed by atoms with E-state index in [1.165, 1.54) is 0 Å². The molecule has 0 saturated carbocycles. The topological polar surface area (TPSA) is 63.4 Å². The van der Waals surface area contributed by atoms with Gasteiger partial charge in [0.1, 0.15) is 6.17 Å². The van der Waals surface area contributed by atoms with Gasteiger partial charge in [-0.15, -0.1) is 0 Å². The maximum Gasteiger partial charge on any atom is 0.286 e. The van der Waals surface area contributed by atoms with E-state index in [4.69, 9.17) is 5.73 Å². The van der Waals surface area contributed by atoms with Gasteiger partial charge >= 0.3 is 0 Å². The van der Waals surface area contributed by atoms with Crippen LogP contribution in [-0.4, -0.2) is 42.4 Å². The van der Waals surface area contributed by atoms with Gasteiger partial charge < -0.3 is 5.73 Å². The number of primary amides is 1. The molecule has 1 rings (SSSR count). The van der Waals surface area contributed by atoms with Crippen molar-refractivity contribution < 1.29 is 14.0 Å². The lowest BCUT2D eigenvalue weighted by Gasteiger charge is -2.11. The molecule has 1 aliphatic heterocycles. The Hall–Kier alpha value is -0.970. The molecular weight excluding hydrogens is 163 g/mol. The zero-order valence-corrected chi connectivity index (χ0v) is 6.62. The molecule has 0 aliphatic carbocycles. The van der Waals surface area contributed by atoms with Gasteiger partial charge in [0.05, 0.1) is 6.54 Å². The van der Waals surface area contributed by atoms with E-state index in [9.17, 15) is 14.0 Å². The Morgan fingerprint density at radius 2 is 2.25 bits per heavy atom. The third kappa shape index (κ3) is 2.27. The molecule has 0 radical (unpaired) electrons. The molecule has 1 heterocycles. The van der Waals surface area contributed by atoms with E-state index in [1.54, 1.807) is 4.90 Å². The van der Waals surface area contributed by atoms with Crippen LogP contribution in [0.15, 0.2) is 0 Å². The van der Waals surface area contributed by atoms with E-state index >= 15 is 0 Å². The van der Waals surface area contributed by atoms with Crippen LogP contribution in [0.3, 0.4) is 0 Å². The van der Waals surface area contributed by atoms with Crippen molar-refractivity contribution in [1.82, 2.24) is 4.90 Å². The Labute approximate surface area is 69.5 Å². The Bertz CT molecular complexity index is 208. The van der Waals surface area contributed by atoms with Crippen LogP contribution >= 0.6 is 0 Å². The van der Waals surface area contributed by atoms with Gasteiger partial charge in [-0.2, -0.15) is 0 Å². The average molecular weight is 174 g/mol. The van der Waals surface area contributed by atoms with Crippen LogP contribution in [0.5, 0.6) is 0 Å². The van der Waals surface area contributed by atoms with Gasteiger partial charge in [0.25, 0.3) is 5.91 Å². The Kier molecular flexibility index (Phi) is 2.75. The predicted molar refractivity (Wildman–Crippen MR) is 40.2 cm³/mol. The van der Waals surface area contributed by atoms with Crippen LogP contribution in [-0.2, 0) is 9.59 Å². The molecule has 12 heavy (non-hydrogen) atoms. The SMILES string of the molecule is NC(=O)C(=O)CN1CC[C@@H](F)C1. The number of hydrogen-bond acceptors (Lipinski definition) is 3. The third-order valence-corrected chi connectivity index (χ3v) is 1.86. The van der Waals surface area contributed by atoms with Crippen LogP contribution in [0, 0.1) is 0 Å². The number of alkyl halides is 1. The number of rotatable bonds is 3. The molecule has 5 heteroatoms. The first kappa shape index (κ1) is 9.12. The molecular formula is C7H11FN2O2. The fourth-order valence-corrected chi connectivity index (χ4v) is 1.21. The summed E-state index contributed by atoms with van der Waals surface area (Å²) in [5, 5.41) is 0. The van der Waals surface area contributed by atoms with Crippen molar-refractivity contribution in [2.24, 2.45) is 5.73 Å². The lowest BCUT2D eigenvalue weighted by atomic mass is 10.3. The van der Waals surface area contributed by atoms with Gasteiger partial charge in [-0.1, -0.05) is 0 Å². The first-order valence-electron chi connectivity index (χ1n) is 3.78. The molecule has 1 atom stereocenters. The minimum absolute atomic E-state index is 0.0459. The maximum atomic E-state index is 12.6. The molecule has 0 aromatic rings. The molecule has 0 bridgehead atoms. The lowest BCUT2D eigenvalue weighted by Crippen LogP contribution is -2.35. The largest absolute Gasteiger partial charge is 0.363 e. The van der Waals surface area contributed by atoms with Crippen LogP contribution in [0.2, 0.25) is 0 Å². The molecule has 68 valence electrons. The van der Waals surface area contributed by atoms with Gasteiger partial charge in [0, 0.05) is 13.1 Å². The number of nitrogens with zero attached hydrogens (tertiary/aromatic N) is 1. The van der Waals surface area contributed by atoms with Gasteiger partial charge in [0.2, 0.25) is 5.78 Å². The second-order valence-corrected chi connectivity index (χ2v) is 2.91. The third-order valence-electron chi connectivity index (χ3n) is 1.86. The Balaban J connectivity index is 2.32. The molecule has 1 saturated heterocycles. The minimum Gasteiger partial charge on any atom is -0.363 e. The Morgan fingerprint density at radius 1 is 1.58 bits per heavy atom. The summed E-state index contributed by atoms with van der Waals surface area (Å²) in [7, 11) is 0. The fourth-order valence-electron chi connectivity index (χ4n) is 1.21. The van der Waals surface area contributed by atoms with Gasteiger partial charge in [-0.05, 0) is 6.42 Å². The number of likely N-dealkylation sites (tertiary alicyclic amines) is 1. The van der Waals surface area contributed by atoms with Crippen molar-refractivity contribution in [3.63, 3.8) is 0 Å². The van der Waals surface area contributed by atoms with E-state index in [1.807, 2.05) is 0 Å². The van der Waals surface area contributed by atoms with Crippen molar-refractivity contribution in [2.75, 3.05) is 19.6 Å². The number of carbonyl (C=O) groups excluding carboxylic acids is 2. The van der Waals surface area contributed by atoms with Crippen LogP contribution < -0.4 is 5.73 Å². The first-order chi connectivity index (χ1) is 5.59. The molecule has 4 nitrogen and oxygen atoms in total. The summed E-state index contributed by atoms with van der Waals surface area (Å²) in [6.07, 6.45) is -0.433. The summed E-state index contributed by atoms with van der Waals surface area (Å²) in [4.78, 5) is 22.7. The number of hydrogen-bond donors (Lipinski definition) is 1. The Morgan fingerprint density at radius 3 is 2.67 bits per heavy atom. The highest BCUT2D eigenvalue weighted by Crippen LogP contribution is 2.11. The second kappa shape index (κ2) is 3.62. The normalized spacial score (nSPS) is 24.2. The van der Waals surface area contributed by atoms with Crippen molar-refractivity contribution in [3.05, 3.63) is 0 Å². The summed E-state index contributed by atoms with van der Waals surface area (Å²) in [5.41, 5.74) is 4.74. The highest BCUT2D eigenvalue weighted by molar-refractivity contribution is 6.36. The van der Waals surface area contributed by atoms with E-state index < -0.39 is 17.9 Å². The summed E-state index contributed by atoms with van der Waals surface area (Å²) in [6, 6.07) is 0. The van der Waals surface area contributed by atoms with Crippen molar-refractivity contribution in [1.29, 1.82) is 0 Å². The van der Waals surface area contributed by atoms with Crippen molar-refractivity contribution >= 4 is 11.7 Å². The highest BCUT2D eigenvalue weighted by Gasteiger charge is 2.24. The van der Waals surface area contributed by atoms with Gasteiger partial charge in [0.15, 0.2) is 0 Å². The quantitative estimate of drug-likeness (QED) is 0.563. The summed E-state index contributed by atoms with van der Waals surface area (Å²) in [6.45, 7) is 0.717. The number of ketones is 1. The summed E-state index contributed by atoms with van der Waals surface area (Å²) >= 11 is 0. The van der Waals surface area contributed by atoms with Gasteiger partial charge in [-0.3, -0.25) is 14.5 Å². The zero-order chi connectivity index (χ0) is 9.14. The maximum absolute atomic E-state index is 12.6. The molecule has 0 aromatic carbocycles. The molecule has 1 amide bonds. The smallest absolute Gasteiger partial charge is 0.286 e. The van der Waals surface area contributed by atoms with Crippen LogP contribution in [0.4, 0.5) is 4.39 Å². The number of Topliss-reactive ketones (excluding diaryl/α,β-unsaturated/α-hetero) is 1. The lowest BCUT2D eigenvalue weighted by molar-refractivity contribution is -0.136. The average Bonchev–Trinajstić information content (AvgIpc) is 2.35. The van der Waals surface area contributed by atoms with E-state index in [0.29, 0.717) is 13.0 Å². The minimum atomic E-state index is -0.947. The number of amides is 1. The molecule has 2 N–H and O–H groups in total. The van der Waals surface area contributed by atoms with Crippen molar-refractivity contribution in [3.8, 4) is 0 Å². The standard InChI is InChI=1S/C7H11FN2O2/c8-5-1-2-10(3-5)4-6(11)7(9)12/h5H,1-4H2,(H2,9,12)/t5-/m1/s1. The van der Waals surface area contributed by atoms with E-state index in [0.717, 1.165) is 0 Å².